The fraction of sp³-hybridized carbons (Fsp3) is 0.389. The molecule has 10 heteroatoms. The van der Waals surface area contributed by atoms with Crippen LogP contribution in [0.5, 0.6) is 5.75 Å². The van der Waals surface area contributed by atoms with Crippen LogP contribution in [-0.2, 0) is 19.4 Å². The van der Waals surface area contributed by atoms with Crippen molar-refractivity contribution in [2.45, 2.75) is 31.4 Å². The summed E-state index contributed by atoms with van der Waals surface area (Å²) in [6.07, 6.45) is 1.69. The van der Waals surface area contributed by atoms with Crippen LogP contribution in [-0.4, -0.2) is 38.1 Å². The van der Waals surface area contributed by atoms with E-state index in [1.807, 2.05) is 20.8 Å². The number of nitrogens with two attached hydrogens (primary N) is 1. The van der Waals surface area contributed by atoms with Gasteiger partial charge in [-0.25, -0.2) is 13.4 Å². The Balaban J connectivity index is 2.58. The molecule has 0 aliphatic rings. The van der Waals surface area contributed by atoms with E-state index in [0.29, 0.717) is 18.0 Å². The fourth-order valence-corrected chi connectivity index (χ4v) is 4.03. The van der Waals surface area contributed by atoms with Gasteiger partial charge in [0.15, 0.2) is 15.0 Å². The van der Waals surface area contributed by atoms with Crippen LogP contribution in [0.15, 0.2) is 28.6 Å². The lowest BCUT2D eigenvalue weighted by molar-refractivity contribution is -0.125. The summed E-state index contributed by atoms with van der Waals surface area (Å²) < 4.78 is 29.5. The fourth-order valence-electron chi connectivity index (χ4n) is 2.28. The number of benzene rings is 1. The molecule has 0 unspecified atom stereocenters. The Bertz CT molecular complexity index is 983. The summed E-state index contributed by atoms with van der Waals surface area (Å²) in [7, 11) is -3.49. The molecular formula is C18H23N3O5S2. The number of anilines is 2. The topological polar surface area (TPSA) is 120 Å². The van der Waals surface area contributed by atoms with Crippen LogP contribution in [0.2, 0.25) is 0 Å². The maximum absolute atomic E-state index is 12.8. The van der Waals surface area contributed by atoms with Gasteiger partial charge in [0.2, 0.25) is 11.8 Å². The quantitative estimate of drug-likeness (QED) is 0.649. The number of carbonyl (C=O) groups is 2. The molecule has 2 rings (SSSR count). The molecule has 0 bridgehead atoms. The Morgan fingerprint density at radius 3 is 2.54 bits per heavy atom. The smallest absolute Gasteiger partial charge is 0.242 e. The highest BCUT2D eigenvalue weighted by atomic mass is 32.2. The van der Waals surface area contributed by atoms with Crippen LogP contribution in [0.4, 0.5) is 10.8 Å². The van der Waals surface area contributed by atoms with Gasteiger partial charge in [0, 0.05) is 6.26 Å². The largest absolute Gasteiger partial charge is 0.491 e. The summed E-state index contributed by atoms with van der Waals surface area (Å²) in [4.78, 5) is 29.4. The van der Waals surface area contributed by atoms with Crippen molar-refractivity contribution in [2.24, 2.45) is 11.7 Å². The van der Waals surface area contributed by atoms with Crippen molar-refractivity contribution in [3.05, 3.63) is 30.0 Å². The first-order chi connectivity index (χ1) is 13.0. The van der Waals surface area contributed by atoms with E-state index in [9.17, 15) is 18.0 Å². The molecule has 2 amide bonds. The van der Waals surface area contributed by atoms with Crippen LogP contribution >= 0.6 is 11.3 Å². The number of rotatable bonds is 8. The molecule has 1 aromatic heterocycles. The van der Waals surface area contributed by atoms with Crippen LogP contribution in [0.25, 0.3) is 0 Å². The number of hydrogen-bond donors (Lipinski definition) is 1. The third kappa shape index (κ3) is 5.52. The van der Waals surface area contributed by atoms with E-state index < -0.39 is 28.1 Å². The van der Waals surface area contributed by atoms with Gasteiger partial charge in [0.1, 0.15) is 16.4 Å². The second kappa shape index (κ2) is 8.70. The van der Waals surface area contributed by atoms with Crippen LogP contribution < -0.4 is 15.4 Å². The molecule has 0 spiro atoms. The maximum Gasteiger partial charge on any atom is 0.242 e. The first-order valence-corrected chi connectivity index (χ1v) is 11.2. The van der Waals surface area contributed by atoms with Crippen molar-refractivity contribution in [3.63, 3.8) is 0 Å². The van der Waals surface area contributed by atoms with E-state index in [4.69, 9.17) is 10.5 Å². The molecule has 0 aliphatic carbocycles. The Kier molecular flexibility index (Phi) is 6.78. The number of amides is 2. The molecule has 2 aromatic rings. The van der Waals surface area contributed by atoms with Gasteiger partial charge in [-0.05, 0) is 30.5 Å². The average molecular weight is 426 g/mol. The van der Waals surface area contributed by atoms with Crippen LogP contribution in [0.3, 0.4) is 0 Å². The third-order valence-electron chi connectivity index (χ3n) is 3.53. The minimum absolute atomic E-state index is 0.0103. The predicted molar refractivity (Wildman–Crippen MR) is 108 cm³/mol. The summed E-state index contributed by atoms with van der Waals surface area (Å²) >= 11 is 0.834. The lowest BCUT2D eigenvalue weighted by Crippen LogP contribution is -2.30. The molecule has 0 atom stereocenters. The minimum atomic E-state index is -3.49. The van der Waals surface area contributed by atoms with E-state index in [1.54, 1.807) is 18.2 Å². The standard InChI is InChI=1S/C18H23N3O5S2/c1-11(2)10-26-14-7-12(3)5-6-13(14)21(16(23)8-15(19)22)18-20-9-17(27-18)28(4,24)25/h5-7,9,11H,8,10H2,1-4H3,(H2,19,22). The van der Waals surface area contributed by atoms with Gasteiger partial charge in [-0.2, -0.15) is 0 Å². The summed E-state index contributed by atoms with van der Waals surface area (Å²) in [6, 6.07) is 5.23. The number of ether oxygens (including phenoxy) is 1. The number of carbonyl (C=O) groups excluding carboxylic acids is 2. The van der Waals surface area contributed by atoms with Crippen molar-refractivity contribution in [3.8, 4) is 5.75 Å². The van der Waals surface area contributed by atoms with Crippen molar-refractivity contribution in [1.82, 2.24) is 4.98 Å². The lowest BCUT2D eigenvalue weighted by Gasteiger charge is -2.23. The van der Waals surface area contributed by atoms with E-state index in [1.165, 1.54) is 11.1 Å². The highest BCUT2D eigenvalue weighted by Gasteiger charge is 2.27. The maximum atomic E-state index is 12.8. The zero-order chi connectivity index (χ0) is 21.1. The third-order valence-corrected chi connectivity index (χ3v) is 6.30. The second-order valence-corrected chi connectivity index (χ2v) is 10.0. The van der Waals surface area contributed by atoms with Crippen molar-refractivity contribution >= 4 is 43.8 Å². The van der Waals surface area contributed by atoms with Crippen molar-refractivity contribution in [1.29, 1.82) is 0 Å². The summed E-state index contributed by atoms with van der Waals surface area (Å²) in [5.41, 5.74) is 6.48. The van der Waals surface area contributed by atoms with E-state index in [2.05, 4.69) is 4.98 Å². The van der Waals surface area contributed by atoms with Gasteiger partial charge in [0.05, 0.1) is 18.5 Å². The number of sulfone groups is 1. The number of aromatic nitrogens is 1. The first kappa shape index (κ1) is 21.8. The second-order valence-electron chi connectivity index (χ2n) is 6.78. The Hall–Kier alpha value is -2.46. The number of primary amides is 1. The average Bonchev–Trinajstić information content (AvgIpc) is 3.04. The molecule has 8 nitrogen and oxygen atoms in total. The van der Waals surface area contributed by atoms with Crippen LogP contribution in [0.1, 0.15) is 25.8 Å². The molecule has 0 saturated heterocycles. The molecule has 0 saturated carbocycles. The van der Waals surface area contributed by atoms with Gasteiger partial charge >= 0.3 is 0 Å². The molecule has 0 radical (unpaired) electrons. The zero-order valence-corrected chi connectivity index (χ0v) is 17.8. The minimum Gasteiger partial charge on any atom is -0.491 e. The highest BCUT2D eigenvalue weighted by molar-refractivity contribution is 7.92. The Morgan fingerprint density at radius 1 is 1.32 bits per heavy atom. The summed E-state index contributed by atoms with van der Waals surface area (Å²) in [5.74, 6) is -0.741. The Morgan fingerprint density at radius 2 is 2.00 bits per heavy atom. The number of aryl methyl sites for hydroxylation is 1. The zero-order valence-electron chi connectivity index (χ0n) is 16.1. The van der Waals surface area contributed by atoms with Gasteiger partial charge < -0.3 is 10.5 Å². The summed E-state index contributed by atoms with van der Waals surface area (Å²) in [6.45, 7) is 6.28. The van der Waals surface area contributed by atoms with Gasteiger partial charge in [-0.1, -0.05) is 31.3 Å². The number of hydrogen-bond acceptors (Lipinski definition) is 7. The molecule has 0 aliphatic heterocycles. The number of nitrogens with zero attached hydrogens (tertiary/aromatic N) is 2. The molecule has 1 heterocycles. The molecule has 28 heavy (non-hydrogen) atoms. The predicted octanol–water partition coefficient (Wildman–Crippen LogP) is 2.43. The normalized spacial score (nSPS) is 11.5. The van der Waals surface area contributed by atoms with Gasteiger partial charge in [-0.3, -0.25) is 14.5 Å². The van der Waals surface area contributed by atoms with Gasteiger partial charge in [0.25, 0.3) is 0 Å². The SMILES string of the molecule is Cc1ccc(N(C(=O)CC(N)=O)c2ncc(S(C)(=O)=O)s2)c(OCC(C)C)c1. The number of thiazole rings is 1. The summed E-state index contributed by atoms with van der Waals surface area (Å²) in [5, 5.41) is 0.116. The van der Waals surface area contributed by atoms with E-state index in [-0.39, 0.29) is 15.3 Å². The van der Waals surface area contributed by atoms with Crippen molar-refractivity contribution in [2.75, 3.05) is 17.8 Å². The monoisotopic (exact) mass is 425 g/mol. The molecule has 0 fully saturated rings. The van der Waals surface area contributed by atoms with E-state index in [0.717, 1.165) is 23.2 Å². The Labute approximate surface area is 168 Å². The van der Waals surface area contributed by atoms with Crippen LogP contribution in [0, 0.1) is 12.8 Å². The lowest BCUT2D eigenvalue weighted by atomic mass is 10.2. The highest BCUT2D eigenvalue weighted by Crippen LogP contribution is 2.38. The first-order valence-electron chi connectivity index (χ1n) is 8.49. The molecule has 1 aromatic carbocycles. The van der Waals surface area contributed by atoms with Gasteiger partial charge in [-0.15, -0.1) is 0 Å². The molecular weight excluding hydrogens is 402 g/mol. The molecule has 152 valence electrons. The molecule has 2 N–H and O–H groups in total. The van der Waals surface area contributed by atoms with E-state index >= 15 is 0 Å². The van der Waals surface area contributed by atoms with Crippen molar-refractivity contribution < 1.29 is 22.7 Å².